The first-order chi connectivity index (χ1) is 10.2. The summed E-state index contributed by atoms with van der Waals surface area (Å²) in [6, 6.07) is 6.94. The molecule has 1 aliphatic rings. The molecule has 0 radical (unpaired) electrons. The number of amides is 2. The number of hydrogen-bond acceptors (Lipinski definition) is 3. The van der Waals surface area contributed by atoms with Gasteiger partial charge >= 0.3 is 6.03 Å². The second-order valence-corrected chi connectivity index (χ2v) is 5.88. The van der Waals surface area contributed by atoms with Crippen molar-refractivity contribution in [2.45, 2.75) is 12.8 Å². The summed E-state index contributed by atoms with van der Waals surface area (Å²) in [7, 11) is 1.70. The molecule has 1 fully saturated rings. The Labute approximate surface area is 130 Å². The smallest absolute Gasteiger partial charge is 0.319 e. The molecular weight excluding hydrogens is 290 g/mol. The van der Waals surface area contributed by atoms with E-state index in [1.807, 2.05) is 12.1 Å². The largest absolute Gasteiger partial charge is 0.384 e. The Balaban J connectivity index is 1.88. The zero-order valence-electron chi connectivity index (χ0n) is 12.2. The minimum Gasteiger partial charge on any atom is -0.384 e. The normalized spacial score (nSPS) is 17.2. The van der Waals surface area contributed by atoms with Gasteiger partial charge in [-0.15, -0.1) is 0 Å². The molecule has 0 aliphatic carbocycles. The number of halogens is 1. The van der Waals surface area contributed by atoms with Crippen molar-refractivity contribution in [3.8, 4) is 0 Å². The lowest BCUT2D eigenvalue weighted by Crippen LogP contribution is -2.48. The molecule has 21 heavy (non-hydrogen) atoms. The number of hydrogen-bond donors (Lipinski definition) is 3. The van der Waals surface area contributed by atoms with Crippen LogP contribution >= 0.6 is 11.6 Å². The topological polar surface area (TPSA) is 62.4 Å². The number of nitrogens with one attached hydrogen (secondary N) is 3. The number of piperidine rings is 1. The molecule has 1 aromatic rings. The van der Waals surface area contributed by atoms with Gasteiger partial charge in [0.15, 0.2) is 0 Å². The first-order valence-electron chi connectivity index (χ1n) is 7.14. The van der Waals surface area contributed by atoms with Gasteiger partial charge < -0.3 is 20.7 Å². The van der Waals surface area contributed by atoms with Crippen LogP contribution in [0.3, 0.4) is 0 Å². The summed E-state index contributed by atoms with van der Waals surface area (Å²) in [4.78, 5) is 12.0. The second kappa shape index (κ2) is 7.64. The van der Waals surface area contributed by atoms with Gasteiger partial charge in [0.05, 0.1) is 17.3 Å². The molecule has 0 unspecified atom stereocenters. The van der Waals surface area contributed by atoms with Crippen molar-refractivity contribution in [2.75, 3.05) is 38.7 Å². The van der Waals surface area contributed by atoms with Crippen molar-refractivity contribution < 1.29 is 9.53 Å². The third kappa shape index (κ3) is 4.59. The summed E-state index contributed by atoms with van der Waals surface area (Å²) in [5, 5.41) is 9.57. The second-order valence-electron chi connectivity index (χ2n) is 5.47. The van der Waals surface area contributed by atoms with E-state index in [1.54, 1.807) is 19.2 Å². The number of rotatable bonds is 5. The number of benzene rings is 1. The number of methoxy groups -OCH3 is 1. The quantitative estimate of drug-likeness (QED) is 0.783. The Kier molecular flexibility index (Phi) is 5.85. The van der Waals surface area contributed by atoms with Gasteiger partial charge in [-0.25, -0.2) is 4.79 Å². The van der Waals surface area contributed by atoms with Gasteiger partial charge in [-0.1, -0.05) is 23.7 Å². The highest BCUT2D eigenvalue weighted by molar-refractivity contribution is 6.33. The lowest BCUT2D eigenvalue weighted by molar-refractivity contribution is 0.0558. The molecule has 0 atom stereocenters. The first kappa shape index (κ1) is 16.1. The molecule has 6 heteroatoms. The molecule has 1 aromatic carbocycles. The lowest BCUT2D eigenvalue weighted by atomic mass is 9.79. The lowest BCUT2D eigenvalue weighted by Gasteiger charge is -2.37. The van der Waals surface area contributed by atoms with Crippen LogP contribution in [-0.4, -0.2) is 39.4 Å². The highest BCUT2D eigenvalue weighted by Gasteiger charge is 2.32. The number of carbonyl (C=O) groups excluding carboxylic acids is 1. The summed E-state index contributed by atoms with van der Waals surface area (Å²) < 4.78 is 5.33. The molecule has 1 heterocycles. The molecule has 0 spiro atoms. The van der Waals surface area contributed by atoms with Crippen LogP contribution in [0.4, 0.5) is 10.5 Å². The van der Waals surface area contributed by atoms with Crippen molar-refractivity contribution in [3.05, 3.63) is 29.3 Å². The predicted molar refractivity (Wildman–Crippen MR) is 84.9 cm³/mol. The summed E-state index contributed by atoms with van der Waals surface area (Å²) in [5.41, 5.74) is 0.625. The number of ether oxygens (including phenoxy) is 1. The molecule has 0 saturated carbocycles. The van der Waals surface area contributed by atoms with E-state index in [4.69, 9.17) is 16.3 Å². The molecule has 1 aliphatic heterocycles. The van der Waals surface area contributed by atoms with Crippen molar-refractivity contribution in [1.82, 2.24) is 10.6 Å². The summed E-state index contributed by atoms with van der Waals surface area (Å²) in [5.74, 6) is 0. The van der Waals surface area contributed by atoms with E-state index in [2.05, 4.69) is 16.0 Å². The van der Waals surface area contributed by atoms with E-state index < -0.39 is 0 Å². The number of anilines is 1. The fraction of sp³-hybridized carbons (Fsp3) is 0.533. The molecule has 2 amide bonds. The Bertz CT molecular complexity index is 470. The summed E-state index contributed by atoms with van der Waals surface area (Å²) in [6.07, 6.45) is 1.99. The van der Waals surface area contributed by atoms with Crippen molar-refractivity contribution in [1.29, 1.82) is 0 Å². The van der Waals surface area contributed by atoms with Crippen LogP contribution in [0.1, 0.15) is 12.8 Å². The molecule has 0 aromatic heterocycles. The highest BCUT2D eigenvalue weighted by Crippen LogP contribution is 2.28. The number of urea groups is 1. The SMILES string of the molecule is COCC1(CNC(=O)Nc2ccccc2Cl)CCNCC1. The van der Waals surface area contributed by atoms with E-state index in [9.17, 15) is 4.79 Å². The van der Waals surface area contributed by atoms with Crippen molar-refractivity contribution in [3.63, 3.8) is 0 Å². The van der Waals surface area contributed by atoms with Gasteiger partial charge in [0.2, 0.25) is 0 Å². The van der Waals surface area contributed by atoms with E-state index >= 15 is 0 Å². The Hall–Kier alpha value is -1.30. The average molecular weight is 312 g/mol. The minimum absolute atomic E-state index is 0.0117. The molecule has 2 rings (SSSR count). The molecular formula is C15H22ClN3O2. The Morgan fingerprint density at radius 1 is 1.38 bits per heavy atom. The maximum Gasteiger partial charge on any atom is 0.319 e. The van der Waals surface area contributed by atoms with Gasteiger partial charge in [0.1, 0.15) is 0 Å². The standard InChI is InChI=1S/C15H22ClN3O2/c1-21-11-15(6-8-17-9-7-15)10-18-14(20)19-13-5-3-2-4-12(13)16/h2-5,17H,6-11H2,1H3,(H2,18,19,20). The maximum atomic E-state index is 12.0. The average Bonchev–Trinajstić information content (AvgIpc) is 2.49. The summed E-state index contributed by atoms with van der Waals surface area (Å²) in [6.45, 7) is 3.16. The van der Waals surface area contributed by atoms with Crippen LogP contribution in [0.25, 0.3) is 0 Å². The third-order valence-electron chi connectivity index (χ3n) is 3.86. The molecule has 1 saturated heterocycles. The van der Waals surface area contributed by atoms with E-state index in [0.717, 1.165) is 25.9 Å². The Morgan fingerprint density at radius 3 is 2.76 bits per heavy atom. The van der Waals surface area contributed by atoms with E-state index in [-0.39, 0.29) is 11.4 Å². The van der Waals surface area contributed by atoms with E-state index in [0.29, 0.717) is 23.9 Å². The van der Waals surface area contributed by atoms with Crippen LogP contribution in [0.15, 0.2) is 24.3 Å². The van der Waals surface area contributed by atoms with E-state index in [1.165, 1.54) is 0 Å². The van der Waals surface area contributed by atoms with Gasteiger partial charge in [-0.05, 0) is 38.1 Å². The molecule has 0 bridgehead atoms. The van der Waals surface area contributed by atoms with Crippen LogP contribution in [-0.2, 0) is 4.74 Å². The third-order valence-corrected chi connectivity index (χ3v) is 4.19. The van der Waals surface area contributed by atoms with Gasteiger partial charge in [0, 0.05) is 19.1 Å². The van der Waals surface area contributed by atoms with Crippen LogP contribution < -0.4 is 16.0 Å². The number of carbonyl (C=O) groups is 1. The van der Waals surface area contributed by atoms with Crippen LogP contribution in [0.5, 0.6) is 0 Å². The monoisotopic (exact) mass is 311 g/mol. The van der Waals surface area contributed by atoms with Crippen LogP contribution in [0.2, 0.25) is 5.02 Å². The van der Waals surface area contributed by atoms with Crippen molar-refractivity contribution in [2.24, 2.45) is 5.41 Å². The van der Waals surface area contributed by atoms with Crippen molar-refractivity contribution >= 4 is 23.3 Å². The van der Waals surface area contributed by atoms with Gasteiger partial charge in [-0.2, -0.15) is 0 Å². The van der Waals surface area contributed by atoms with Gasteiger partial charge in [0.25, 0.3) is 0 Å². The van der Waals surface area contributed by atoms with Gasteiger partial charge in [-0.3, -0.25) is 0 Å². The zero-order valence-corrected chi connectivity index (χ0v) is 13.0. The fourth-order valence-corrected chi connectivity index (χ4v) is 2.82. The Morgan fingerprint density at radius 2 is 2.10 bits per heavy atom. The predicted octanol–water partition coefficient (Wildman–Crippen LogP) is 2.48. The summed E-state index contributed by atoms with van der Waals surface area (Å²) >= 11 is 6.02. The molecule has 116 valence electrons. The molecule has 5 nitrogen and oxygen atoms in total. The highest BCUT2D eigenvalue weighted by atomic mass is 35.5. The first-order valence-corrected chi connectivity index (χ1v) is 7.52. The maximum absolute atomic E-state index is 12.0. The minimum atomic E-state index is -0.239. The number of para-hydroxylation sites is 1. The fourth-order valence-electron chi connectivity index (χ4n) is 2.63. The van der Waals surface area contributed by atoms with Crippen LogP contribution in [0, 0.1) is 5.41 Å². The zero-order chi connectivity index (χ0) is 15.1. The molecule has 3 N–H and O–H groups in total.